The first kappa shape index (κ1) is 11.7. The summed E-state index contributed by atoms with van der Waals surface area (Å²) < 4.78 is 12.4. The van der Waals surface area contributed by atoms with Gasteiger partial charge in [-0.3, -0.25) is 0 Å². The Morgan fingerprint density at radius 2 is 2.27 bits per heavy atom. The van der Waals surface area contributed by atoms with Crippen molar-refractivity contribution in [1.29, 1.82) is 0 Å². The van der Waals surface area contributed by atoms with Crippen LogP contribution in [0.4, 0.5) is 4.39 Å². The molecule has 1 rings (SSSR count). The van der Waals surface area contributed by atoms with Crippen molar-refractivity contribution in [3.05, 3.63) is 35.4 Å². The normalized spacial score (nSPS) is 11.7. The summed E-state index contributed by atoms with van der Waals surface area (Å²) in [6.45, 7) is 1.59. The van der Waals surface area contributed by atoms with Gasteiger partial charge in [0.2, 0.25) is 0 Å². The maximum Gasteiger partial charge on any atom is 0.115 e. The van der Waals surface area contributed by atoms with Crippen molar-refractivity contribution in [2.45, 2.75) is 32.9 Å². The van der Waals surface area contributed by atoms with Crippen LogP contribution in [0.15, 0.2) is 29.4 Å². The van der Waals surface area contributed by atoms with Gasteiger partial charge in [-0.15, -0.1) is 0 Å². The molecular formula is C12H16FNO. The molecule has 0 amide bonds. The zero-order chi connectivity index (χ0) is 11.1. The molecule has 0 saturated carbocycles. The summed E-state index contributed by atoms with van der Waals surface area (Å²) >= 11 is 0. The van der Waals surface area contributed by atoms with Gasteiger partial charge in [0.25, 0.3) is 0 Å². The number of oxime groups is 1. The number of unbranched alkanes of at least 4 members (excludes halogenated alkanes) is 1. The number of nitrogens with zero attached hydrogens (tertiary/aromatic N) is 1. The summed E-state index contributed by atoms with van der Waals surface area (Å²) in [4.78, 5) is 0. The van der Waals surface area contributed by atoms with Gasteiger partial charge >= 0.3 is 0 Å². The maximum absolute atomic E-state index is 12.4. The van der Waals surface area contributed by atoms with Crippen LogP contribution in [0, 0.1) is 0 Å². The molecule has 0 fully saturated rings. The Kier molecular flexibility index (Phi) is 4.81. The molecule has 2 nitrogen and oxygen atoms in total. The smallest absolute Gasteiger partial charge is 0.115 e. The molecule has 15 heavy (non-hydrogen) atoms. The number of rotatable bonds is 5. The molecule has 0 aromatic heterocycles. The van der Waals surface area contributed by atoms with Crippen molar-refractivity contribution in [2.75, 3.05) is 0 Å². The van der Waals surface area contributed by atoms with Crippen molar-refractivity contribution >= 4 is 5.71 Å². The van der Waals surface area contributed by atoms with Gasteiger partial charge < -0.3 is 5.21 Å². The Morgan fingerprint density at radius 1 is 1.47 bits per heavy atom. The Balaban J connectivity index is 2.82. The molecule has 3 heteroatoms. The molecule has 0 aliphatic rings. The lowest BCUT2D eigenvalue weighted by Crippen LogP contribution is -2.01. The van der Waals surface area contributed by atoms with Crippen LogP contribution in [0.3, 0.4) is 0 Å². The monoisotopic (exact) mass is 209 g/mol. The fourth-order valence-electron chi connectivity index (χ4n) is 1.43. The highest BCUT2D eigenvalue weighted by atomic mass is 19.1. The van der Waals surface area contributed by atoms with Crippen molar-refractivity contribution in [3.8, 4) is 0 Å². The molecule has 0 bridgehead atoms. The molecule has 0 aliphatic carbocycles. The maximum atomic E-state index is 12.4. The Morgan fingerprint density at radius 3 is 2.87 bits per heavy atom. The van der Waals surface area contributed by atoms with E-state index in [0.29, 0.717) is 11.3 Å². The summed E-state index contributed by atoms with van der Waals surface area (Å²) in [6, 6.07) is 7.06. The summed E-state index contributed by atoms with van der Waals surface area (Å²) in [5.74, 6) is 0. The molecule has 82 valence electrons. The third kappa shape index (κ3) is 3.35. The van der Waals surface area contributed by atoms with E-state index in [-0.39, 0.29) is 0 Å². The highest BCUT2D eigenvalue weighted by Gasteiger charge is 2.04. The second-order valence-corrected chi connectivity index (χ2v) is 3.48. The van der Waals surface area contributed by atoms with Gasteiger partial charge in [-0.25, -0.2) is 4.39 Å². The van der Waals surface area contributed by atoms with Gasteiger partial charge in [0.1, 0.15) is 6.67 Å². The van der Waals surface area contributed by atoms with Gasteiger partial charge in [0.05, 0.1) is 5.71 Å². The summed E-state index contributed by atoms with van der Waals surface area (Å²) in [5.41, 5.74) is 2.05. The van der Waals surface area contributed by atoms with Gasteiger partial charge in [-0.05, 0) is 30.0 Å². The first-order valence-corrected chi connectivity index (χ1v) is 5.18. The lowest BCUT2D eigenvalue weighted by atomic mass is 10.0. The highest BCUT2D eigenvalue weighted by Crippen LogP contribution is 2.11. The minimum Gasteiger partial charge on any atom is -0.411 e. The highest BCUT2D eigenvalue weighted by molar-refractivity contribution is 6.00. The van der Waals surface area contributed by atoms with E-state index in [0.717, 1.165) is 24.8 Å². The predicted molar refractivity (Wildman–Crippen MR) is 59.1 cm³/mol. The van der Waals surface area contributed by atoms with E-state index in [2.05, 4.69) is 12.1 Å². The van der Waals surface area contributed by atoms with Crippen molar-refractivity contribution < 1.29 is 9.60 Å². The van der Waals surface area contributed by atoms with Crippen molar-refractivity contribution in [1.82, 2.24) is 0 Å². The minimum atomic E-state index is -0.486. The lowest BCUT2D eigenvalue weighted by Gasteiger charge is -2.04. The summed E-state index contributed by atoms with van der Waals surface area (Å²) in [7, 11) is 0. The average Bonchev–Trinajstić information content (AvgIpc) is 2.30. The molecule has 0 heterocycles. The lowest BCUT2D eigenvalue weighted by molar-refractivity contribution is 0.318. The van der Waals surface area contributed by atoms with Crippen molar-refractivity contribution in [3.63, 3.8) is 0 Å². The molecule has 1 aromatic carbocycles. The fraction of sp³-hybridized carbons (Fsp3) is 0.417. The number of halogens is 1. The standard InChI is InChI=1S/C12H16FNO/c1-2-3-7-12(14-15)11-6-4-5-10(8-11)9-13/h4-6,8,15H,2-3,7,9H2,1H3. The summed E-state index contributed by atoms with van der Waals surface area (Å²) in [6.07, 6.45) is 2.74. The van der Waals surface area contributed by atoms with E-state index < -0.39 is 6.67 Å². The van der Waals surface area contributed by atoms with E-state index in [1.165, 1.54) is 0 Å². The number of benzene rings is 1. The van der Waals surface area contributed by atoms with Crippen LogP contribution in [-0.2, 0) is 6.67 Å². The SMILES string of the molecule is CCCCC(=NO)c1cccc(CF)c1. The zero-order valence-electron chi connectivity index (χ0n) is 8.91. The topological polar surface area (TPSA) is 32.6 Å². The zero-order valence-corrected chi connectivity index (χ0v) is 8.91. The first-order valence-electron chi connectivity index (χ1n) is 5.18. The molecule has 0 atom stereocenters. The second kappa shape index (κ2) is 6.17. The average molecular weight is 209 g/mol. The van der Waals surface area contributed by atoms with Crippen LogP contribution in [0.1, 0.15) is 37.3 Å². The molecule has 0 unspecified atom stereocenters. The van der Waals surface area contributed by atoms with Crippen LogP contribution < -0.4 is 0 Å². The molecule has 0 aliphatic heterocycles. The van der Waals surface area contributed by atoms with Crippen LogP contribution in [-0.4, -0.2) is 10.9 Å². The molecule has 0 spiro atoms. The van der Waals surface area contributed by atoms with Gasteiger partial charge in [0.15, 0.2) is 0 Å². The Hall–Kier alpha value is -1.38. The number of hydrogen-bond acceptors (Lipinski definition) is 2. The van der Waals surface area contributed by atoms with Gasteiger partial charge in [-0.1, -0.05) is 36.7 Å². The molecular weight excluding hydrogens is 193 g/mol. The van der Waals surface area contributed by atoms with E-state index >= 15 is 0 Å². The Labute approximate surface area is 89.4 Å². The van der Waals surface area contributed by atoms with Crippen LogP contribution in [0.2, 0.25) is 0 Å². The third-order valence-electron chi connectivity index (χ3n) is 2.30. The van der Waals surface area contributed by atoms with Crippen LogP contribution >= 0.6 is 0 Å². The van der Waals surface area contributed by atoms with Crippen LogP contribution in [0.25, 0.3) is 0 Å². The second-order valence-electron chi connectivity index (χ2n) is 3.48. The molecule has 0 radical (unpaired) electrons. The third-order valence-corrected chi connectivity index (χ3v) is 2.30. The summed E-state index contributed by atoms with van der Waals surface area (Å²) in [5, 5.41) is 12.1. The van der Waals surface area contributed by atoms with Gasteiger partial charge in [0, 0.05) is 0 Å². The predicted octanol–water partition coefficient (Wildman–Crippen LogP) is 3.52. The van der Waals surface area contributed by atoms with E-state index in [1.807, 2.05) is 6.07 Å². The molecule has 0 saturated heterocycles. The Bertz CT molecular complexity index is 336. The van der Waals surface area contributed by atoms with Gasteiger partial charge in [-0.2, -0.15) is 0 Å². The van der Waals surface area contributed by atoms with E-state index in [1.54, 1.807) is 18.2 Å². The van der Waals surface area contributed by atoms with Crippen LogP contribution in [0.5, 0.6) is 0 Å². The first-order chi connectivity index (χ1) is 7.31. The molecule has 1 N–H and O–H groups in total. The fourth-order valence-corrected chi connectivity index (χ4v) is 1.43. The number of alkyl halides is 1. The minimum absolute atomic E-state index is 0.486. The number of hydrogen-bond donors (Lipinski definition) is 1. The van der Waals surface area contributed by atoms with Crippen molar-refractivity contribution in [2.24, 2.45) is 5.16 Å². The van der Waals surface area contributed by atoms with E-state index in [9.17, 15) is 4.39 Å². The quantitative estimate of drug-likeness (QED) is 0.449. The van der Waals surface area contributed by atoms with E-state index in [4.69, 9.17) is 5.21 Å². The molecule has 1 aromatic rings. The largest absolute Gasteiger partial charge is 0.411 e.